The summed E-state index contributed by atoms with van der Waals surface area (Å²) in [5.41, 5.74) is -0.410. The number of furan rings is 1. The minimum Gasteiger partial charge on any atom is -0.465 e. The number of aryl methyl sites for hydroxylation is 1. The van der Waals surface area contributed by atoms with Gasteiger partial charge in [0.05, 0.1) is 48.0 Å². The van der Waals surface area contributed by atoms with Crippen LogP contribution in [-0.4, -0.2) is 53.4 Å². The first-order valence-corrected chi connectivity index (χ1v) is 10.6. The van der Waals surface area contributed by atoms with Crippen LogP contribution in [-0.2, 0) is 10.9 Å². The average molecular weight is 462 g/mol. The summed E-state index contributed by atoms with van der Waals surface area (Å²) in [7, 11) is 0. The second kappa shape index (κ2) is 9.40. The number of aromatic nitrogens is 2. The Bertz CT molecular complexity index is 1120. The van der Waals surface area contributed by atoms with Crippen LogP contribution < -0.4 is 5.32 Å². The molecule has 3 aromatic rings. The molecule has 0 bridgehead atoms. The van der Waals surface area contributed by atoms with Crippen molar-refractivity contribution in [3.05, 3.63) is 70.9 Å². The zero-order chi connectivity index (χ0) is 23.6. The summed E-state index contributed by atoms with van der Waals surface area (Å²) in [4.78, 5) is 15.1. The lowest BCUT2D eigenvalue weighted by atomic mass is 10.1. The minimum absolute atomic E-state index is 0.126. The zero-order valence-corrected chi connectivity index (χ0v) is 18.4. The predicted molar refractivity (Wildman–Crippen MR) is 114 cm³/mol. The van der Waals surface area contributed by atoms with E-state index in [1.165, 1.54) is 24.4 Å². The molecule has 0 spiro atoms. The van der Waals surface area contributed by atoms with E-state index in [1.807, 2.05) is 19.1 Å². The van der Waals surface area contributed by atoms with E-state index in [0.29, 0.717) is 32.0 Å². The predicted octanol–water partition coefficient (Wildman–Crippen LogP) is 3.90. The number of rotatable bonds is 6. The van der Waals surface area contributed by atoms with Crippen molar-refractivity contribution < 1.29 is 27.1 Å². The molecule has 0 aliphatic carbocycles. The van der Waals surface area contributed by atoms with Gasteiger partial charge in [-0.3, -0.25) is 9.69 Å². The third-order valence-electron chi connectivity index (χ3n) is 5.72. The highest BCUT2D eigenvalue weighted by Gasteiger charge is 2.34. The van der Waals surface area contributed by atoms with Crippen molar-refractivity contribution in [3.8, 4) is 5.69 Å². The molecule has 10 heteroatoms. The number of amides is 1. The van der Waals surface area contributed by atoms with Crippen molar-refractivity contribution in [2.24, 2.45) is 0 Å². The molecule has 1 aliphatic rings. The number of hydrogen-bond donors (Lipinski definition) is 1. The maximum atomic E-state index is 13.4. The average Bonchev–Trinajstić information content (AvgIpc) is 3.39. The molecule has 4 rings (SSSR count). The van der Waals surface area contributed by atoms with Crippen LogP contribution in [0.1, 0.15) is 39.2 Å². The minimum atomic E-state index is -4.54. The lowest BCUT2D eigenvalue weighted by Crippen LogP contribution is -2.43. The zero-order valence-electron chi connectivity index (χ0n) is 18.4. The molecule has 1 atom stereocenters. The number of nitrogens with zero attached hydrogens (tertiary/aromatic N) is 3. The quantitative estimate of drug-likeness (QED) is 0.602. The van der Waals surface area contributed by atoms with Gasteiger partial charge in [-0.05, 0) is 38.1 Å². The van der Waals surface area contributed by atoms with Crippen molar-refractivity contribution >= 4 is 5.91 Å². The molecule has 1 saturated heterocycles. The first-order valence-electron chi connectivity index (χ1n) is 10.6. The number of alkyl halides is 3. The van der Waals surface area contributed by atoms with E-state index in [0.717, 1.165) is 22.3 Å². The van der Waals surface area contributed by atoms with E-state index < -0.39 is 17.6 Å². The van der Waals surface area contributed by atoms with Gasteiger partial charge in [-0.1, -0.05) is 12.1 Å². The van der Waals surface area contributed by atoms with E-state index in [2.05, 4.69) is 15.3 Å². The highest BCUT2D eigenvalue weighted by Crippen LogP contribution is 2.34. The van der Waals surface area contributed by atoms with Gasteiger partial charge in [0.15, 0.2) is 0 Å². The number of hydrogen-bond acceptors (Lipinski definition) is 5. The van der Waals surface area contributed by atoms with Gasteiger partial charge in [0.1, 0.15) is 11.5 Å². The number of halogens is 3. The molecule has 1 aromatic carbocycles. The molecule has 33 heavy (non-hydrogen) atoms. The Balaban J connectivity index is 1.54. The first-order chi connectivity index (χ1) is 15.8. The SMILES string of the molecule is Cc1ccc(C(CNC(=O)c2cnn(-c3ccccc3C(F)(F)F)c2C)N2CCOCC2)o1. The van der Waals surface area contributed by atoms with Crippen LogP contribution in [0.2, 0.25) is 0 Å². The Morgan fingerprint density at radius 1 is 1.15 bits per heavy atom. The molecular weight excluding hydrogens is 437 g/mol. The van der Waals surface area contributed by atoms with Crippen LogP contribution >= 0.6 is 0 Å². The summed E-state index contributed by atoms with van der Waals surface area (Å²) in [6, 6.07) is 8.72. The first kappa shape index (κ1) is 23.1. The number of para-hydroxylation sites is 1. The van der Waals surface area contributed by atoms with E-state index in [9.17, 15) is 18.0 Å². The van der Waals surface area contributed by atoms with E-state index in [-0.39, 0.29) is 23.8 Å². The number of carbonyl (C=O) groups is 1. The second-order valence-electron chi connectivity index (χ2n) is 7.89. The fraction of sp³-hybridized carbons (Fsp3) is 0.391. The molecule has 1 fully saturated rings. The number of morpholine rings is 1. The van der Waals surface area contributed by atoms with Gasteiger partial charge in [0, 0.05) is 19.6 Å². The summed E-state index contributed by atoms with van der Waals surface area (Å²) in [6.07, 6.45) is -3.25. The van der Waals surface area contributed by atoms with E-state index >= 15 is 0 Å². The van der Waals surface area contributed by atoms with Crippen LogP contribution in [0.25, 0.3) is 5.69 Å². The summed E-state index contributed by atoms with van der Waals surface area (Å²) in [5.74, 6) is 1.10. The molecule has 7 nitrogen and oxygen atoms in total. The van der Waals surface area contributed by atoms with Crippen molar-refractivity contribution in [1.29, 1.82) is 0 Å². The Morgan fingerprint density at radius 2 is 1.88 bits per heavy atom. The van der Waals surface area contributed by atoms with Gasteiger partial charge in [-0.15, -0.1) is 0 Å². The fourth-order valence-corrected chi connectivity index (χ4v) is 3.99. The molecule has 1 unspecified atom stereocenters. The Kier molecular flexibility index (Phi) is 6.57. The smallest absolute Gasteiger partial charge is 0.418 e. The van der Waals surface area contributed by atoms with Gasteiger partial charge < -0.3 is 14.5 Å². The molecule has 0 saturated carbocycles. The van der Waals surface area contributed by atoms with Gasteiger partial charge in [-0.2, -0.15) is 18.3 Å². The van der Waals surface area contributed by atoms with Gasteiger partial charge in [-0.25, -0.2) is 4.68 Å². The molecule has 1 N–H and O–H groups in total. The number of ether oxygens (including phenoxy) is 1. The monoisotopic (exact) mass is 462 g/mol. The van der Waals surface area contributed by atoms with Crippen molar-refractivity contribution in [2.45, 2.75) is 26.1 Å². The second-order valence-corrected chi connectivity index (χ2v) is 7.89. The van der Waals surface area contributed by atoms with Gasteiger partial charge in [0.2, 0.25) is 0 Å². The standard InChI is InChI=1S/C23H25F3N4O3/c1-15-7-8-21(33-15)20(29-9-11-32-12-10-29)14-27-22(31)17-13-28-30(16(17)2)19-6-4-3-5-18(19)23(24,25)26/h3-8,13,20H,9-12,14H2,1-2H3,(H,27,31). The lowest BCUT2D eigenvalue weighted by molar-refractivity contribution is -0.137. The summed E-state index contributed by atoms with van der Waals surface area (Å²) in [5, 5.41) is 6.97. The highest BCUT2D eigenvalue weighted by molar-refractivity contribution is 5.95. The molecule has 0 radical (unpaired) electrons. The number of nitrogens with one attached hydrogen (secondary N) is 1. The Morgan fingerprint density at radius 3 is 2.55 bits per heavy atom. The molecule has 176 valence electrons. The van der Waals surface area contributed by atoms with E-state index in [4.69, 9.17) is 9.15 Å². The Labute approximate surface area is 189 Å². The summed E-state index contributed by atoms with van der Waals surface area (Å²) < 4.78 is 52.7. The van der Waals surface area contributed by atoms with Crippen LogP contribution in [0.3, 0.4) is 0 Å². The maximum absolute atomic E-state index is 13.4. The van der Waals surface area contributed by atoms with Crippen LogP contribution in [0.5, 0.6) is 0 Å². The van der Waals surface area contributed by atoms with Crippen LogP contribution in [0.15, 0.2) is 47.0 Å². The number of carbonyl (C=O) groups excluding carboxylic acids is 1. The molecule has 2 aromatic heterocycles. The third kappa shape index (κ3) is 4.96. The topological polar surface area (TPSA) is 72.5 Å². The van der Waals surface area contributed by atoms with Gasteiger partial charge in [0.25, 0.3) is 5.91 Å². The molecular formula is C23H25F3N4O3. The fourth-order valence-electron chi connectivity index (χ4n) is 3.99. The van der Waals surface area contributed by atoms with Crippen molar-refractivity contribution in [1.82, 2.24) is 20.0 Å². The normalized spacial score (nSPS) is 16.0. The summed E-state index contributed by atoms with van der Waals surface area (Å²) >= 11 is 0. The van der Waals surface area contributed by atoms with Crippen LogP contribution in [0, 0.1) is 13.8 Å². The largest absolute Gasteiger partial charge is 0.465 e. The highest BCUT2D eigenvalue weighted by atomic mass is 19.4. The van der Waals surface area contributed by atoms with Crippen molar-refractivity contribution in [2.75, 3.05) is 32.8 Å². The number of benzene rings is 1. The Hall–Kier alpha value is -3.11. The van der Waals surface area contributed by atoms with Gasteiger partial charge >= 0.3 is 6.18 Å². The maximum Gasteiger partial charge on any atom is 0.418 e. The van der Waals surface area contributed by atoms with Crippen LogP contribution in [0.4, 0.5) is 13.2 Å². The van der Waals surface area contributed by atoms with E-state index in [1.54, 1.807) is 6.92 Å². The summed E-state index contributed by atoms with van der Waals surface area (Å²) in [6.45, 7) is 6.29. The lowest BCUT2D eigenvalue weighted by Gasteiger charge is -2.33. The molecule has 1 amide bonds. The van der Waals surface area contributed by atoms with Crippen molar-refractivity contribution in [3.63, 3.8) is 0 Å². The third-order valence-corrected chi connectivity index (χ3v) is 5.72. The molecule has 3 heterocycles. The molecule has 1 aliphatic heterocycles.